The third-order valence-corrected chi connectivity index (χ3v) is 3.60. The van der Waals surface area contributed by atoms with Gasteiger partial charge in [0.15, 0.2) is 11.6 Å². The predicted octanol–water partition coefficient (Wildman–Crippen LogP) is 2.35. The quantitative estimate of drug-likeness (QED) is 0.855. The van der Waals surface area contributed by atoms with E-state index >= 15 is 0 Å². The fourth-order valence-electron chi connectivity index (χ4n) is 2.23. The molecule has 1 heterocycles. The molecule has 0 bridgehead atoms. The van der Waals surface area contributed by atoms with E-state index in [-0.39, 0.29) is 24.4 Å². The molecule has 0 aliphatic carbocycles. The molecular weight excluding hydrogens is 306 g/mol. The monoisotopic (exact) mass is 324 g/mol. The minimum Gasteiger partial charge on any atom is -0.387 e. The summed E-state index contributed by atoms with van der Waals surface area (Å²) >= 11 is 0. The summed E-state index contributed by atoms with van der Waals surface area (Å²) in [6.45, 7) is 3.50. The number of aromatic nitrogens is 1. The molecule has 2 rings (SSSR count). The molecule has 0 unspecified atom stereocenters. The lowest BCUT2D eigenvalue weighted by molar-refractivity contribution is -0.121. The van der Waals surface area contributed by atoms with E-state index in [1.54, 1.807) is 13.8 Å². The van der Waals surface area contributed by atoms with Gasteiger partial charge >= 0.3 is 0 Å². The number of carbonyl (C=O) groups is 1. The highest BCUT2D eigenvalue weighted by Gasteiger charge is 2.14. The standard InChI is InChI=1S/C16H18F2N2O3/c1-9-12(10(2)23-20-9)4-6-16(22)19-8-15(21)11-3-5-13(17)14(18)7-11/h3,5,7,15,21H,4,6,8H2,1-2H3,(H,19,22)/t15-/m0/s1. The molecule has 1 amide bonds. The van der Waals surface area contributed by atoms with Crippen molar-refractivity contribution in [3.8, 4) is 0 Å². The van der Waals surface area contributed by atoms with Crippen LogP contribution in [-0.4, -0.2) is 22.7 Å². The van der Waals surface area contributed by atoms with Crippen molar-refractivity contribution in [1.29, 1.82) is 0 Å². The summed E-state index contributed by atoms with van der Waals surface area (Å²) in [5.74, 6) is -1.60. The van der Waals surface area contributed by atoms with Crippen molar-refractivity contribution >= 4 is 5.91 Å². The molecule has 1 aromatic carbocycles. The van der Waals surface area contributed by atoms with E-state index in [0.717, 1.165) is 23.4 Å². The van der Waals surface area contributed by atoms with Gasteiger partial charge in [-0.1, -0.05) is 11.2 Å². The molecule has 23 heavy (non-hydrogen) atoms. The number of aliphatic hydroxyl groups is 1. The summed E-state index contributed by atoms with van der Waals surface area (Å²) in [5, 5.41) is 16.3. The zero-order valence-electron chi connectivity index (χ0n) is 12.9. The average Bonchev–Trinajstić information content (AvgIpc) is 2.84. The summed E-state index contributed by atoms with van der Waals surface area (Å²) in [4.78, 5) is 11.8. The molecule has 0 saturated heterocycles. The number of hydrogen-bond acceptors (Lipinski definition) is 4. The van der Waals surface area contributed by atoms with Crippen LogP contribution >= 0.6 is 0 Å². The zero-order valence-corrected chi connectivity index (χ0v) is 12.9. The van der Waals surface area contributed by atoms with Gasteiger partial charge in [-0.25, -0.2) is 8.78 Å². The van der Waals surface area contributed by atoms with Crippen LogP contribution in [0, 0.1) is 25.5 Å². The fraction of sp³-hybridized carbons (Fsp3) is 0.375. The van der Waals surface area contributed by atoms with Crippen molar-refractivity contribution in [3.05, 3.63) is 52.4 Å². The van der Waals surface area contributed by atoms with Gasteiger partial charge in [-0.3, -0.25) is 4.79 Å². The van der Waals surface area contributed by atoms with Crippen LogP contribution in [0.25, 0.3) is 0 Å². The largest absolute Gasteiger partial charge is 0.387 e. The Bertz CT molecular complexity index is 681. The number of rotatable bonds is 6. The van der Waals surface area contributed by atoms with Gasteiger partial charge in [-0.05, 0) is 38.0 Å². The molecule has 0 radical (unpaired) electrons. The summed E-state index contributed by atoms with van der Waals surface area (Å²) in [6.07, 6.45) is -0.408. The fourth-order valence-corrected chi connectivity index (χ4v) is 2.23. The molecule has 2 aromatic rings. The number of benzene rings is 1. The molecule has 0 saturated carbocycles. The highest BCUT2D eigenvalue weighted by molar-refractivity contribution is 5.76. The maximum Gasteiger partial charge on any atom is 0.220 e. The Morgan fingerprint density at radius 1 is 1.35 bits per heavy atom. The average molecular weight is 324 g/mol. The number of nitrogens with zero attached hydrogens (tertiary/aromatic N) is 1. The Kier molecular flexibility index (Phi) is 5.44. The van der Waals surface area contributed by atoms with E-state index in [9.17, 15) is 18.7 Å². The van der Waals surface area contributed by atoms with Gasteiger partial charge in [0, 0.05) is 18.5 Å². The van der Waals surface area contributed by atoms with Crippen LogP contribution in [0.1, 0.15) is 35.1 Å². The third-order valence-electron chi connectivity index (χ3n) is 3.60. The van der Waals surface area contributed by atoms with Gasteiger partial charge in [0.2, 0.25) is 5.91 Å². The van der Waals surface area contributed by atoms with Crippen LogP contribution in [0.3, 0.4) is 0 Å². The van der Waals surface area contributed by atoms with E-state index in [0.29, 0.717) is 12.2 Å². The van der Waals surface area contributed by atoms with Gasteiger partial charge < -0.3 is 14.9 Å². The first kappa shape index (κ1) is 17.1. The third kappa shape index (κ3) is 4.35. The van der Waals surface area contributed by atoms with Crippen LogP contribution < -0.4 is 5.32 Å². The molecule has 2 N–H and O–H groups in total. The van der Waals surface area contributed by atoms with E-state index in [1.165, 1.54) is 6.07 Å². The maximum atomic E-state index is 13.1. The second-order valence-corrected chi connectivity index (χ2v) is 5.30. The van der Waals surface area contributed by atoms with Crippen LogP contribution in [0.5, 0.6) is 0 Å². The van der Waals surface area contributed by atoms with Gasteiger partial charge in [0.1, 0.15) is 5.76 Å². The predicted molar refractivity (Wildman–Crippen MR) is 78.6 cm³/mol. The SMILES string of the molecule is Cc1noc(C)c1CCC(=O)NC[C@H](O)c1ccc(F)c(F)c1. The topological polar surface area (TPSA) is 75.4 Å². The minimum absolute atomic E-state index is 0.0779. The van der Waals surface area contributed by atoms with E-state index < -0.39 is 17.7 Å². The molecule has 7 heteroatoms. The molecule has 0 aliphatic heterocycles. The smallest absolute Gasteiger partial charge is 0.220 e. The van der Waals surface area contributed by atoms with Gasteiger partial charge in [0.25, 0.3) is 0 Å². The van der Waals surface area contributed by atoms with Crippen molar-refractivity contribution in [2.45, 2.75) is 32.8 Å². The molecule has 1 atom stereocenters. The Hall–Kier alpha value is -2.28. The summed E-state index contributed by atoms with van der Waals surface area (Å²) in [7, 11) is 0. The summed E-state index contributed by atoms with van der Waals surface area (Å²) < 4.78 is 31.0. The van der Waals surface area contributed by atoms with Crippen molar-refractivity contribution < 1.29 is 23.2 Å². The number of aliphatic hydroxyl groups excluding tert-OH is 1. The van der Waals surface area contributed by atoms with Crippen LogP contribution in [-0.2, 0) is 11.2 Å². The summed E-state index contributed by atoms with van der Waals surface area (Å²) in [6, 6.07) is 3.13. The Labute approximate surface area is 132 Å². The zero-order chi connectivity index (χ0) is 17.0. The number of aryl methyl sites for hydroxylation is 2. The van der Waals surface area contributed by atoms with E-state index in [2.05, 4.69) is 10.5 Å². The second-order valence-electron chi connectivity index (χ2n) is 5.30. The van der Waals surface area contributed by atoms with E-state index in [4.69, 9.17) is 4.52 Å². The Morgan fingerprint density at radius 2 is 2.09 bits per heavy atom. The van der Waals surface area contributed by atoms with Crippen LogP contribution in [0.4, 0.5) is 8.78 Å². The number of carbonyl (C=O) groups excluding carboxylic acids is 1. The van der Waals surface area contributed by atoms with Gasteiger partial charge in [-0.15, -0.1) is 0 Å². The number of halogens is 2. The molecule has 0 aliphatic rings. The highest BCUT2D eigenvalue weighted by Crippen LogP contribution is 2.16. The molecule has 1 aromatic heterocycles. The lowest BCUT2D eigenvalue weighted by Gasteiger charge is -2.12. The van der Waals surface area contributed by atoms with Gasteiger partial charge in [0.05, 0.1) is 11.8 Å². The van der Waals surface area contributed by atoms with Crippen molar-refractivity contribution in [3.63, 3.8) is 0 Å². The molecule has 0 fully saturated rings. The lowest BCUT2D eigenvalue weighted by Crippen LogP contribution is -2.28. The minimum atomic E-state index is -1.10. The first-order chi connectivity index (χ1) is 10.9. The normalized spacial score (nSPS) is 12.2. The number of nitrogens with one attached hydrogen (secondary N) is 1. The highest BCUT2D eigenvalue weighted by atomic mass is 19.2. The van der Waals surface area contributed by atoms with E-state index in [1.807, 2.05) is 0 Å². The number of hydrogen-bond donors (Lipinski definition) is 2. The summed E-state index contributed by atoms with van der Waals surface area (Å²) in [5.41, 5.74) is 1.84. The molecule has 0 spiro atoms. The molecule has 5 nitrogen and oxygen atoms in total. The number of amides is 1. The molecular formula is C16H18F2N2O3. The first-order valence-electron chi connectivity index (χ1n) is 7.20. The lowest BCUT2D eigenvalue weighted by atomic mass is 10.1. The Balaban J connectivity index is 1.83. The van der Waals surface area contributed by atoms with Crippen molar-refractivity contribution in [2.75, 3.05) is 6.54 Å². The van der Waals surface area contributed by atoms with Crippen LogP contribution in [0.15, 0.2) is 22.7 Å². The van der Waals surface area contributed by atoms with Gasteiger partial charge in [-0.2, -0.15) is 0 Å². The molecule has 124 valence electrons. The first-order valence-corrected chi connectivity index (χ1v) is 7.20. The van der Waals surface area contributed by atoms with Crippen molar-refractivity contribution in [2.24, 2.45) is 0 Å². The maximum absolute atomic E-state index is 13.1. The Morgan fingerprint density at radius 3 is 2.70 bits per heavy atom. The second kappa shape index (κ2) is 7.32. The van der Waals surface area contributed by atoms with Crippen LogP contribution in [0.2, 0.25) is 0 Å². The van der Waals surface area contributed by atoms with Crippen molar-refractivity contribution in [1.82, 2.24) is 10.5 Å².